The zero-order valence-corrected chi connectivity index (χ0v) is 13.3. The van der Waals surface area contributed by atoms with Gasteiger partial charge >= 0.3 is 0 Å². The van der Waals surface area contributed by atoms with Crippen molar-refractivity contribution in [3.63, 3.8) is 0 Å². The topological polar surface area (TPSA) is 67.2 Å². The highest BCUT2D eigenvalue weighted by Gasteiger charge is 2.37. The van der Waals surface area contributed by atoms with Crippen molar-refractivity contribution in [1.82, 2.24) is 19.4 Å². The molecule has 0 aromatic carbocycles. The van der Waals surface area contributed by atoms with E-state index in [2.05, 4.69) is 24.3 Å². The van der Waals surface area contributed by atoms with Crippen molar-refractivity contribution in [3.05, 3.63) is 12.4 Å². The van der Waals surface area contributed by atoms with E-state index in [-0.39, 0.29) is 5.41 Å². The second-order valence-electron chi connectivity index (χ2n) is 6.05. The Morgan fingerprint density at radius 2 is 2.20 bits per heavy atom. The van der Waals surface area contributed by atoms with Crippen LogP contribution in [0.2, 0.25) is 0 Å². The van der Waals surface area contributed by atoms with E-state index in [0.29, 0.717) is 24.5 Å². The molecule has 0 radical (unpaired) electrons. The Hall–Kier alpha value is -0.920. The Morgan fingerprint density at radius 1 is 1.45 bits per heavy atom. The molecule has 1 saturated heterocycles. The van der Waals surface area contributed by atoms with E-state index in [4.69, 9.17) is 0 Å². The van der Waals surface area contributed by atoms with Crippen molar-refractivity contribution in [2.45, 2.75) is 38.6 Å². The monoisotopic (exact) mass is 300 g/mol. The normalized spacial score (nSPS) is 19.6. The molecule has 0 bridgehead atoms. The van der Waals surface area contributed by atoms with E-state index in [9.17, 15) is 8.42 Å². The number of likely N-dealkylation sites (N-methyl/N-ethyl adjacent to an activating group) is 1. The molecule has 2 heterocycles. The van der Waals surface area contributed by atoms with Gasteiger partial charge in [-0.25, -0.2) is 8.42 Å². The quantitative estimate of drug-likeness (QED) is 0.793. The first-order valence-electron chi connectivity index (χ1n) is 7.08. The van der Waals surface area contributed by atoms with E-state index < -0.39 is 10.0 Å². The Labute approximate surface area is 121 Å². The maximum absolute atomic E-state index is 12.5. The SMILES string of the molecule is CCNCCn1cc(S(=O)(=O)N2CCC(C)(C)C2)cn1. The molecule has 1 aromatic rings. The summed E-state index contributed by atoms with van der Waals surface area (Å²) in [5, 5.41) is 7.32. The first-order chi connectivity index (χ1) is 9.35. The van der Waals surface area contributed by atoms with Crippen molar-refractivity contribution >= 4 is 10.0 Å². The molecule has 1 aliphatic rings. The largest absolute Gasteiger partial charge is 0.315 e. The third-order valence-corrected chi connectivity index (χ3v) is 5.46. The van der Waals surface area contributed by atoms with Crippen molar-refractivity contribution in [1.29, 1.82) is 0 Å². The fourth-order valence-corrected chi connectivity index (χ4v) is 3.97. The van der Waals surface area contributed by atoms with E-state index in [1.54, 1.807) is 15.2 Å². The zero-order chi connectivity index (χ0) is 14.8. The maximum Gasteiger partial charge on any atom is 0.246 e. The second kappa shape index (κ2) is 5.83. The van der Waals surface area contributed by atoms with Crippen LogP contribution in [0, 0.1) is 5.41 Å². The molecule has 0 spiro atoms. The smallest absolute Gasteiger partial charge is 0.246 e. The lowest BCUT2D eigenvalue weighted by Gasteiger charge is -2.18. The van der Waals surface area contributed by atoms with E-state index >= 15 is 0 Å². The highest BCUT2D eigenvalue weighted by atomic mass is 32.2. The van der Waals surface area contributed by atoms with Crippen LogP contribution in [0.3, 0.4) is 0 Å². The summed E-state index contributed by atoms with van der Waals surface area (Å²) in [5.41, 5.74) is 0.0636. The Bertz CT molecular complexity index is 550. The van der Waals surface area contributed by atoms with Gasteiger partial charge in [0.05, 0.1) is 12.7 Å². The molecule has 0 aliphatic carbocycles. The number of hydrogen-bond donors (Lipinski definition) is 1. The number of nitrogens with zero attached hydrogens (tertiary/aromatic N) is 3. The standard InChI is InChI=1S/C13H24N4O2S/c1-4-14-6-8-16-10-12(9-15-16)20(18,19)17-7-5-13(2,3)11-17/h9-10,14H,4-8,11H2,1-3H3. The van der Waals surface area contributed by atoms with Gasteiger partial charge in [-0.1, -0.05) is 20.8 Å². The molecule has 0 saturated carbocycles. The van der Waals surface area contributed by atoms with Crippen LogP contribution in [0.5, 0.6) is 0 Å². The van der Waals surface area contributed by atoms with Crippen LogP contribution >= 0.6 is 0 Å². The number of hydrogen-bond acceptors (Lipinski definition) is 4. The summed E-state index contributed by atoms with van der Waals surface area (Å²) in [6.45, 7) is 9.77. The van der Waals surface area contributed by atoms with Gasteiger partial charge in [-0.05, 0) is 18.4 Å². The molecule has 0 unspecified atom stereocenters. The third-order valence-electron chi connectivity index (χ3n) is 3.66. The summed E-state index contributed by atoms with van der Waals surface area (Å²) in [6.07, 6.45) is 3.98. The lowest BCUT2D eigenvalue weighted by molar-refractivity contribution is 0.375. The molecule has 20 heavy (non-hydrogen) atoms. The predicted molar refractivity (Wildman–Crippen MR) is 77.9 cm³/mol. The number of sulfonamides is 1. The molecular formula is C13H24N4O2S. The first kappa shape index (κ1) is 15.5. The van der Waals surface area contributed by atoms with Gasteiger partial charge in [0.15, 0.2) is 0 Å². The van der Waals surface area contributed by atoms with Crippen LogP contribution < -0.4 is 5.32 Å². The second-order valence-corrected chi connectivity index (χ2v) is 7.98. The van der Waals surface area contributed by atoms with Crippen molar-refractivity contribution < 1.29 is 8.42 Å². The summed E-state index contributed by atoms with van der Waals surface area (Å²) in [6, 6.07) is 0. The average Bonchev–Trinajstić information content (AvgIpc) is 2.97. The lowest BCUT2D eigenvalue weighted by atomic mass is 9.93. The van der Waals surface area contributed by atoms with Crippen molar-refractivity contribution in [2.75, 3.05) is 26.2 Å². The van der Waals surface area contributed by atoms with Crippen LogP contribution in [-0.2, 0) is 16.6 Å². The third kappa shape index (κ3) is 3.39. The van der Waals surface area contributed by atoms with Crippen LogP contribution in [-0.4, -0.2) is 48.7 Å². The van der Waals surface area contributed by atoms with Gasteiger partial charge in [-0.15, -0.1) is 0 Å². The zero-order valence-electron chi connectivity index (χ0n) is 12.5. The average molecular weight is 300 g/mol. The first-order valence-corrected chi connectivity index (χ1v) is 8.52. The minimum atomic E-state index is -3.39. The molecule has 6 nitrogen and oxygen atoms in total. The molecule has 0 atom stereocenters. The number of nitrogens with one attached hydrogen (secondary N) is 1. The van der Waals surface area contributed by atoms with Gasteiger partial charge in [-0.2, -0.15) is 9.40 Å². The van der Waals surface area contributed by atoms with Crippen LogP contribution in [0.1, 0.15) is 27.2 Å². The minimum absolute atomic E-state index is 0.0636. The molecule has 7 heteroatoms. The summed E-state index contributed by atoms with van der Waals surface area (Å²) in [4.78, 5) is 0.298. The summed E-state index contributed by atoms with van der Waals surface area (Å²) >= 11 is 0. The van der Waals surface area contributed by atoms with Gasteiger partial charge in [0.25, 0.3) is 0 Å². The molecule has 114 valence electrons. The molecule has 1 aliphatic heterocycles. The Kier molecular flexibility index (Phi) is 4.51. The Morgan fingerprint density at radius 3 is 2.80 bits per heavy atom. The fourth-order valence-electron chi connectivity index (χ4n) is 2.39. The molecular weight excluding hydrogens is 276 g/mol. The van der Waals surface area contributed by atoms with Crippen LogP contribution in [0.4, 0.5) is 0 Å². The van der Waals surface area contributed by atoms with Gasteiger partial charge in [0, 0.05) is 25.8 Å². The van der Waals surface area contributed by atoms with Crippen molar-refractivity contribution in [2.24, 2.45) is 5.41 Å². The lowest BCUT2D eigenvalue weighted by Crippen LogP contribution is -2.30. The fraction of sp³-hybridized carbons (Fsp3) is 0.769. The number of aromatic nitrogens is 2. The summed E-state index contributed by atoms with van der Waals surface area (Å²) in [7, 11) is -3.39. The highest BCUT2D eigenvalue weighted by molar-refractivity contribution is 7.89. The van der Waals surface area contributed by atoms with Gasteiger partial charge in [0.2, 0.25) is 10.0 Å². The molecule has 1 fully saturated rings. The molecule has 0 amide bonds. The van der Waals surface area contributed by atoms with Gasteiger partial charge in [-0.3, -0.25) is 4.68 Å². The minimum Gasteiger partial charge on any atom is -0.315 e. The van der Waals surface area contributed by atoms with Gasteiger partial charge < -0.3 is 5.32 Å². The van der Waals surface area contributed by atoms with E-state index in [1.165, 1.54) is 6.20 Å². The number of rotatable bonds is 6. The molecule has 2 rings (SSSR count). The Balaban J connectivity index is 2.07. The summed E-state index contributed by atoms with van der Waals surface area (Å²) < 4.78 is 28.3. The van der Waals surface area contributed by atoms with Crippen molar-refractivity contribution in [3.8, 4) is 0 Å². The van der Waals surface area contributed by atoms with Gasteiger partial charge in [0.1, 0.15) is 4.90 Å². The van der Waals surface area contributed by atoms with Crippen LogP contribution in [0.15, 0.2) is 17.3 Å². The maximum atomic E-state index is 12.5. The van der Waals surface area contributed by atoms with E-state index in [1.807, 2.05) is 6.92 Å². The van der Waals surface area contributed by atoms with Crippen LogP contribution in [0.25, 0.3) is 0 Å². The molecule has 1 N–H and O–H groups in total. The molecule has 1 aromatic heterocycles. The summed E-state index contributed by atoms with van der Waals surface area (Å²) in [5.74, 6) is 0. The van der Waals surface area contributed by atoms with E-state index in [0.717, 1.165) is 19.5 Å². The highest BCUT2D eigenvalue weighted by Crippen LogP contribution is 2.32. The predicted octanol–water partition coefficient (Wildman–Crippen LogP) is 0.913.